The maximum Gasteiger partial charge on any atom is 0.132 e. The smallest absolute Gasteiger partial charge is 0.132 e. The Bertz CT molecular complexity index is 483. The molecular weight excluding hydrogens is 266 g/mol. The van der Waals surface area contributed by atoms with Crippen molar-refractivity contribution in [3.63, 3.8) is 0 Å². The molecule has 1 atom stereocenters. The molecule has 0 aromatic heterocycles. The summed E-state index contributed by atoms with van der Waals surface area (Å²) in [5, 5.41) is 0. The van der Waals surface area contributed by atoms with Crippen molar-refractivity contribution in [2.24, 2.45) is 5.73 Å². The summed E-state index contributed by atoms with van der Waals surface area (Å²) in [4.78, 5) is 0. The molecule has 0 radical (unpaired) electrons. The van der Waals surface area contributed by atoms with E-state index >= 15 is 0 Å². The fourth-order valence-electron chi connectivity index (χ4n) is 3.01. The molecule has 21 heavy (non-hydrogen) atoms. The van der Waals surface area contributed by atoms with E-state index in [1.807, 2.05) is 26.0 Å². The molecule has 0 amide bonds. The monoisotopic (exact) mass is 293 g/mol. The van der Waals surface area contributed by atoms with Gasteiger partial charge in [-0.1, -0.05) is 13.8 Å². The largest absolute Gasteiger partial charge is 0.494 e. The number of ether oxygens (including phenoxy) is 3. The zero-order valence-electron chi connectivity index (χ0n) is 13.6. The molecular formula is C17H27NO3. The predicted molar refractivity (Wildman–Crippen MR) is 84.3 cm³/mol. The van der Waals surface area contributed by atoms with E-state index < -0.39 is 0 Å². The fraction of sp³-hybridized carbons (Fsp3) is 0.647. The van der Waals surface area contributed by atoms with Gasteiger partial charge >= 0.3 is 0 Å². The SMILES string of the molecule is CCOc1cc(OCC)c2c(c1)OC(CC)(CC)CC2N. The zero-order chi connectivity index (χ0) is 15.5. The second-order valence-electron chi connectivity index (χ2n) is 5.50. The van der Waals surface area contributed by atoms with Crippen molar-refractivity contribution in [1.29, 1.82) is 0 Å². The van der Waals surface area contributed by atoms with Crippen LogP contribution in [-0.4, -0.2) is 18.8 Å². The lowest BCUT2D eigenvalue weighted by molar-refractivity contribution is 0.0269. The summed E-state index contributed by atoms with van der Waals surface area (Å²) in [6.07, 6.45) is 2.71. The maximum absolute atomic E-state index is 6.43. The minimum absolute atomic E-state index is 0.0640. The fourth-order valence-corrected chi connectivity index (χ4v) is 3.01. The number of hydrogen-bond donors (Lipinski definition) is 1. The maximum atomic E-state index is 6.43. The molecule has 1 unspecified atom stereocenters. The van der Waals surface area contributed by atoms with Crippen LogP contribution in [-0.2, 0) is 0 Å². The van der Waals surface area contributed by atoms with Crippen LogP contribution >= 0.6 is 0 Å². The van der Waals surface area contributed by atoms with Gasteiger partial charge in [-0.3, -0.25) is 0 Å². The molecule has 0 bridgehead atoms. The van der Waals surface area contributed by atoms with Crippen molar-refractivity contribution in [2.75, 3.05) is 13.2 Å². The number of hydrogen-bond acceptors (Lipinski definition) is 4. The second-order valence-corrected chi connectivity index (χ2v) is 5.50. The molecule has 2 rings (SSSR count). The summed E-state index contributed by atoms with van der Waals surface area (Å²) < 4.78 is 17.7. The zero-order valence-corrected chi connectivity index (χ0v) is 13.6. The van der Waals surface area contributed by atoms with Crippen LogP contribution in [0, 0.1) is 0 Å². The highest BCUT2D eigenvalue weighted by molar-refractivity contribution is 5.53. The first kappa shape index (κ1) is 16.0. The first-order valence-corrected chi connectivity index (χ1v) is 7.97. The Morgan fingerprint density at radius 2 is 1.81 bits per heavy atom. The Hall–Kier alpha value is -1.42. The van der Waals surface area contributed by atoms with E-state index in [0.29, 0.717) is 13.2 Å². The highest BCUT2D eigenvalue weighted by atomic mass is 16.5. The molecule has 1 heterocycles. The van der Waals surface area contributed by atoms with Gasteiger partial charge in [-0.05, 0) is 26.7 Å². The third-order valence-electron chi connectivity index (χ3n) is 4.27. The van der Waals surface area contributed by atoms with Crippen LogP contribution in [0.2, 0.25) is 0 Å². The van der Waals surface area contributed by atoms with Crippen LogP contribution < -0.4 is 19.9 Å². The molecule has 1 aromatic rings. The molecule has 0 fully saturated rings. The lowest BCUT2D eigenvalue weighted by Crippen LogP contribution is -2.42. The van der Waals surface area contributed by atoms with Gasteiger partial charge in [0.05, 0.1) is 18.8 Å². The molecule has 4 nitrogen and oxygen atoms in total. The number of rotatable bonds is 6. The molecule has 1 aliphatic rings. The highest BCUT2D eigenvalue weighted by Gasteiger charge is 2.39. The normalized spacial score (nSPS) is 19.6. The van der Waals surface area contributed by atoms with Gasteiger partial charge in [0.1, 0.15) is 22.8 Å². The standard InChI is InChI=1S/C17H27NO3/c1-5-17(6-2)11-13(18)16-14(20-8-4)9-12(19-7-3)10-15(16)21-17/h9-10,13H,5-8,11,18H2,1-4H3. The van der Waals surface area contributed by atoms with Gasteiger partial charge in [-0.15, -0.1) is 0 Å². The van der Waals surface area contributed by atoms with Crippen LogP contribution in [0.25, 0.3) is 0 Å². The Labute approximate surface area is 127 Å². The number of fused-ring (bicyclic) bond motifs is 1. The summed E-state index contributed by atoms with van der Waals surface area (Å²) in [6, 6.07) is 3.80. The van der Waals surface area contributed by atoms with Crippen molar-refractivity contribution in [1.82, 2.24) is 0 Å². The van der Waals surface area contributed by atoms with Crippen molar-refractivity contribution in [3.8, 4) is 17.2 Å². The minimum Gasteiger partial charge on any atom is -0.494 e. The van der Waals surface area contributed by atoms with Crippen LogP contribution in [0.4, 0.5) is 0 Å². The topological polar surface area (TPSA) is 53.7 Å². The first-order chi connectivity index (χ1) is 10.1. The molecule has 118 valence electrons. The summed E-state index contributed by atoms with van der Waals surface area (Å²) in [6.45, 7) is 9.45. The van der Waals surface area contributed by atoms with Crippen LogP contribution in [0.15, 0.2) is 12.1 Å². The van der Waals surface area contributed by atoms with Crippen molar-refractivity contribution in [3.05, 3.63) is 17.7 Å². The second kappa shape index (κ2) is 6.56. The molecule has 0 spiro atoms. The van der Waals surface area contributed by atoms with Crippen molar-refractivity contribution in [2.45, 2.75) is 58.6 Å². The Morgan fingerprint density at radius 3 is 2.38 bits per heavy atom. The van der Waals surface area contributed by atoms with E-state index in [-0.39, 0.29) is 11.6 Å². The van der Waals surface area contributed by atoms with Gasteiger partial charge < -0.3 is 19.9 Å². The lowest BCUT2D eigenvalue weighted by atomic mass is 9.83. The van der Waals surface area contributed by atoms with E-state index in [2.05, 4.69) is 13.8 Å². The van der Waals surface area contributed by atoms with E-state index in [9.17, 15) is 0 Å². The average molecular weight is 293 g/mol. The van der Waals surface area contributed by atoms with Gasteiger partial charge in [0.25, 0.3) is 0 Å². The van der Waals surface area contributed by atoms with Gasteiger partial charge in [0.2, 0.25) is 0 Å². The van der Waals surface area contributed by atoms with Crippen LogP contribution in [0.1, 0.15) is 58.6 Å². The lowest BCUT2D eigenvalue weighted by Gasteiger charge is -2.41. The Balaban J connectivity index is 2.48. The third-order valence-corrected chi connectivity index (χ3v) is 4.27. The minimum atomic E-state index is -0.180. The first-order valence-electron chi connectivity index (χ1n) is 7.97. The number of nitrogens with two attached hydrogens (primary N) is 1. The third kappa shape index (κ3) is 3.10. The average Bonchev–Trinajstić information content (AvgIpc) is 2.47. The molecule has 0 saturated heterocycles. The van der Waals surface area contributed by atoms with Crippen LogP contribution in [0.3, 0.4) is 0 Å². The summed E-state index contributed by atoms with van der Waals surface area (Å²) in [7, 11) is 0. The molecule has 1 aliphatic heterocycles. The summed E-state index contributed by atoms with van der Waals surface area (Å²) in [5.74, 6) is 2.37. The highest BCUT2D eigenvalue weighted by Crippen LogP contribution is 2.47. The Morgan fingerprint density at radius 1 is 1.14 bits per heavy atom. The van der Waals surface area contributed by atoms with Crippen molar-refractivity contribution >= 4 is 0 Å². The summed E-state index contributed by atoms with van der Waals surface area (Å²) >= 11 is 0. The van der Waals surface area contributed by atoms with E-state index in [1.165, 1.54) is 0 Å². The van der Waals surface area contributed by atoms with Gasteiger partial charge in [0, 0.05) is 24.6 Å². The quantitative estimate of drug-likeness (QED) is 0.866. The molecule has 1 aromatic carbocycles. The van der Waals surface area contributed by atoms with E-state index in [4.69, 9.17) is 19.9 Å². The summed E-state index contributed by atoms with van der Waals surface area (Å²) in [5.41, 5.74) is 7.22. The molecule has 0 aliphatic carbocycles. The van der Waals surface area contributed by atoms with Gasteiger partial charge in [0.15, 0.2) is 0 Å². The van der Waals surface area contributed by atoms with Gasteiger partial charge in [-0.25, -0.2) is 0 Å². The van der Waals surface area contributed by atoms with E-state index in [0.717, 1.165) is 42.1 Å². The van der Waals surface area contributed by atoms with Crippen molar-refractivity contribution < 1.29 is 14.2 Å². The molecule has 0 saturated carbocycles. The molecule has 2 N–H and O–H groups in total. The molecule has 4 heteroatoms. The Kier molecular flexibility index (Phi) is 4.99. The van der Waals surface area contributed by atoms with E-state index in [1.54, 1.807) is 0 Å². The van der Waals surface area contributed by atoms with Crippen LogP contribution in [0.5, 0.6) is 17.2 Å². The predicted octanol–water partition coefficient (Wildman–Crippen LogP) is 3.83. The number of benzene rings is 1. The van der Waals surface area contributed by atoms with Gasteiger partial charge in [-0.2, -0.15) is 0 Å².